The second-order valence-corrected chi connectivity index (χ2v) is 5.01. The van der Waals surface area contributed by atoms with Crippen LogP contribution in [0.4, 0.5) is 11.5 Å². The summed E-state index contributed by atoms with van der Waals surface area (Å²) in [4.78, 5) is 4.04. The summed E-state index contributed by atoms with van der Waals surface area (Å²) in [6.45, 7) is 1.03. The summed E-state index contributed by atoms with van der Waals surface area (Å²) < 4.78 is 0. The third kappa shape index (κ3) is 2.88. The molecule has 94 valence electrons. The molecule has 4 heteroatoms. The van der Waals surface area contributed by atoms with Gasteiger partial charge in [-0.2, -0.15) is 0 Å². The first-order valence-corrected chi connectivity index (χ1v) is 6.31. The van der Waals surface area contributed by atoms with E-state index in [0.717, 1.165) is 25.1 Å². The summed E-state index contributed by atoms with van der Waals surface area (Å²) in [5.74, 6) is 0.524. The molecule has 0 spiro atoms. The van der Waals surface area contributed by atoms with E-state index in [0.29, 0.717) is 5.82 Å². The molecule has 0 aromatic carbocycles. The van der Waals surface area contributed by atoms with E-state index >= 15 is 0 Å². The largest absolute Gasteiger partial charge is 0.396 e. The summed E-state index contributed by atoms with van der Waals surface area (Å²) >= 11 is 0. The van der Waals surface area contributed by atoms with Gasteiger partial charge in [-0.3, -0.25) is 0 Å². The minimum atomic E-state index is 0.0283. The van der Waals surface area contributed by atoms with Crippen molar-refractivity contribution in [2.24, 2.45) is 5.41 Å². The summed E-state index contributed by atoms with van der Waals surface area (Å²) in [6.07, 6.45) is 7.59. The van der Waals surface area contributed by atoms with Crippen molar-refractivity contribution in [3.8, 4) is 0 Å². The SMILES string of the molecule is Nc1ncccc1NCC1(CO)CCCCC1. The summed E-state index contributed by atoms with van der Waals surface area (Å²) in [7, 11) is 0. The second-order valence-electron chi connectivity index (χ2n) is 5.01. The Morgan fingerprint density at radius 1 is 1.35 bits per heavy atom. The summed E-state index contributed by atoms with van der Waals surface area (Å²) in [6, 6.07) is 3.79. The summed E-state index contributed by atoms with van der Waals surface area (Å²) in [5.41, 5.74) is 6.68. The molecule has 0 amide bonds. The molecule has 1 aromatic heterocycles. The predicted molar refractivity (Wildman–Crippen MR) is 69.7 cm³/mol. The van der Waals surface area contributed by atoms with Crippen LogP contribution in [0, 0.1) is 5.41 Å². The van der Waals surface area contributed by atoms with E-state index in [1.165, 1.54) is 19.3 Å². The monoisotopic (exact) mass is 235 g/mol. The van der Waals surface area contributed by atoms with Gasteiger partial charge in [-0.05, 0) is 25.0 Å². The Balaban J connectivity index is 1.98. The minimum absolute atomic E-state index is 0.0283. The van der Waals surface area contributed by atoms with E-state index < -0.39 is 0 Å². The number of nitrogens with zero attached hydrogens (tertiary/aromatic N) is 1. The summed E-state index contributed by atoms with van der Waals surface area (Å²) in [5, 5.41) is 12.9. The highest BCUT2D eigenvalue weighted by atomic mass is 16.3. The molecule has 4 N–H and O–H groups in total. The second kappa shape index (κ2) is 5.36. The molecule has 1 aliphatic rings. The van der Waals surface area contributed by atoms with Crippen LogP contribution in [0.15, 0.2) is 18.3 Å². The topological polar surface area (TPSA) is 71.2 Å². The molecule has 2 rings (SSSR count). The van der Waals surface area contributed by atoms with Crippen molar-refractivity contribution < 1.29 is 5.11 Å². The average Bonchev–Trinajstić information content (AvgIpc) is 2.39. The molecule has 0 unspecified atom stereocenters. The lowest BCUT2D eigenvalue weighted by Crippen LogP contribution is -2.35. The van der Waals surface area contributed by atoms with E-state index in [-0.39, 0.29) is 12.0 Å². The molecule has 1 aliphatic carbocycles. The number of aliphatic hydroxyl groups is 1. The number of hydrogen-bond acceptors (Lipinski definition) is 4. The highest BCUT2D eigenvalue weighted by molar-refractivity contribution is 5.60. The molecule has 1 saturated carbocycles. The van der Waals surface area contributed by atoms with Gasteiger partial charge in [-0.1, -0.05) is 19.3 Å². The van der Waals surface area contributed by atoms with Gasteiger partial charge >= 0.3 is 0 Å². The van der Waals surface area contributed by atoms with Crippen LogP contribution in [0.3, 0.4) is 0 Å². The van der Waals surface area contributed by atoms with E-state index in [9.17, 15) is 5.11 Å². The van der Waals surface area contributed by atoms with Crippen LogP contribution in [-0.2, 0) is 0 Å². The maximum absolute atomic E-state index is 9.60. The van der Waals surface area contributed by atoms with Crippen molar-refractivity contribution in [1.29, 1.82) is 0 Å². The van der Waals surface area contributed by atoms with Crippen molar-refractivity contribution in [3.63, 3.8) is 0 Å². The van der Waals surface area contributed by atoms with Gasteiger partial charge in [0.1, 0.15) is 5.82 Å². The Morgan fingerprint density at radius 3 is 2.76 bits per heavy atom. The highest BCUT2D eigenvalue weighted by Crippen LogP contribution is 2.36. The lowest BCUT2D eigenvalue weighted by Gasteiger charge is -2.36. The zero-order valence-electron chi connectivity index (χ0n) is 10.2. The van der Waals surface area contributed by atoms with Crippen molar-refractivity contribution in [2.45, 2.75) is 32.1 Å². The molecule has 0 atom stereocenters. The Kier molecular flexibility index (Phi) is 3.84. The fourth-order valence-electron chi connectivity index (χ4n) is 2.54. The van der Waals surface area contributed by atoms with Crippen LogP contribution in [0.2, 0.25) is 0 Å². The smallest absolute Gasteiger partial charge is 0.146 e. The zero-order chi connectivity index (χ0) is 12.1. The fourth-order valence-corrected chi connectivity index (χ4v) is 2.54. The van der Waals surface area contributed by atoms with Gasteiger partial charge in [0.05, 0.1) is 12.3 Å². The van der Waals surface area contributed by atoms with E-state index in [2.05, 4.69) is 10.3 Å². The Hall–Kier alpha value is -1.29. The van der Waals surface area contributed by atoms with Crippen LogP contribution in [-0.4, -0.2) is 23.2 Å². The van der Waals surface area contributed by atoms with Gasteiger partial charge in [-0.15, -0.1) is 0 Å². The van der Waals surface area contributed by atoms with Gasteiger partial charge < -0.3 is 16.2 Å². The van der Waals surface area contributed by atoms with Crippen LogP contribution in [0.1, 0.15) is 32.1 Å². The fraction of sp³-hybridized carbons (Fsp3) is 0.615. The minimum Gasteiger partial charge on any atom is -0.396 e. The number of aromatic nitrogens is 1. The average molecular weight is 235 g/mol. The van der Waals surface area contributed by atoms with Gasteiger partial charge in [0.25, 0.3) is 0 Å². The Morgan fingerprint density at radius 2 is 2.12 bits per heavy atom. The molecule has 4 nitrogen and oxygen atoms in total. The molecule has 1 heterocycles. The highest BCUT2D eigenvalue weighted by Gasteiger charge is 2.31. The molecule has 17 heavy (non-hydrogen) atoms. The maximum Gasteiger partial charge on any atom is 0.146 e. The van der Waals surface area contributed by atoms with Crippen LogP contribution in [0.5, 0.6) is 0 Å². The Labute approximate surface area is 102 Å². The quantitative estimate of drug-likeness (QED) is 0.746. The van der Waals surface area contributed by atoms with E-state index in [4.69, 9.17) is 5.73 Å². The predicted octanol–water partition coefficient (Wildman–Crippen LogP) is 2.02. The molecule has 0 saturated heterocycles. The molecular weight excluding hydrogens is 214 g/mol. The molecule has 0 aliphatic heterocycles. The number of rotatable bonds is 4. The molecule has 0 bridgehead atoms. The number of aliphatic hydroxyl groups excluding tert-OH is 1. The van der Waals surface area contributed by atoms with E-state index in [1.54, 1.807) is 6.20 Å². The molecule has 0 radical (unpaired) electrons. The molecular formula is C13H21N3O. The number of nitrogens with one attached hydrogen (secondary N) is 1. The van der Waals surface area contributed by atoms with Crippen molar-refractivity contribution in [2.75, 3.05) is 24.2 Å². The van der Waals surface area contributed by atoms with Gasteiger partial charge in [0.15, 0.2) is 0 Å². The number of nitrogen functional groups attached to an aromatic ring is 1. The first-order chi connectivity index (χ1) is 8.26. The third-order valence-corrected chi connectivity index (χ3v) is 3.74. The van der Waals surface area contributed by atoms with Gasteiger partial charge in [0, 0.05) is 18.2 Å². The van der Waals surface area contributed by atoms with Crippen molar-refractivity contribution >= 4 is 11.5 Å². The Bertz CT molecular complexity index is 361. The normalized spacial score (nSPS) is 18.9. The van der Waals surface area contributed by atoms with Crippen LogP contribution >= 0.6 is 0 Å². The number of nitrogens with two attached hydrogens (primary N) is 1. The lowest BCUT2D eigenvalue weighted by atomic mass is 9.74. The van der Waals surface area contributed by atoms with Gasteiger partial charge in [0.2, 0.25) is 0 Å². The first-order valence-electron chi connectivity index (χ1n) is 6.31. The number of hydrogen-bond donors (Lipinski definition) is 3. The zero-order valence-corrected chi connectivity index (χ0v) is 10.2. The molecule has 1 fully saturated rings. The number of anilines is 2. The van der Waals surface area contributed by atoms with Crippen LogP contribution < -0.4 is 11.1 Å². The number of pyridine rings is 1. The van der Waals surface area contributed by atoms with Crippen LogP contribution in [0.25, 0.3) is 0 Å². The van der Waals surface area contributed by atoms with Crippen molar-refractivity contribution in [1.82, 2.24) is 4.98 Å². The standard InChI is InChI=1S/C13H21N3O/c14-12-11(5-4-8-15-12)16-9-13(10-17)6-2-1-3-7-13/h4-5,8,16-17H,1-3,6-7,9-10H2,(H2,14,15). The van der Waals surface area contributed by atoms with E-state index in [1.807, 2.05) is 12.1 Å². The third-order valence-electron chi connectivity index (χ3n) is 3.74. The van der Waals surface area contributed by atoms with Crippen molar-refractivity contribution in [3.05, 3.63) is 18.3 Å². The maximum atomic E-state index is 9.60. The first kappa shape index (κ1) is 12.2. The lowest BCUT2D eigenvalue weighted by molar-refractivity contribution is 0.0944. The van der Waals surface area contributed by atoms with Gasteiger partial charge in [-0.25, -0.2) is 4.98 Å². The molecule has 1 aromatic rings.